The molecule has 0 radical (unpaired) electrons. The highest BCUT2D eigenvalue weighted by Crippen LogP contribution is 1.96. The van der Waals surface area contributed by atoms with E-state index >= 15 is 0 Å². The summed E-state index contributed by atoms with van der Waals surface area (Å²) in [7, 11) is 0. The molecule has 0 amide bonds. The molecule has 2 heterocycles. The molecule has 0 fully saturated rings. The Labute approximate surface area is 85.2 Å². The van der Waals surface area contributed by atoms with E-state index in [0.717, 1.165) is 0 Å². The second kappa shape index (κ2) is 4.01. The van der Waals surface area contributed by atoms with Gasteiger partial charge in [-0.2, -0.15) is 5.10 Å². The Hall–Kier alpha value is -2.02. The molecular formula is C8H10N6O. The normalized spacial score (nSPS) is 10.5. The van der Waals surface area contributed by atoms with Crippen molar-refractivity contribution < 1.29 is 0 Å². The first-order valence-electron chi connectivity index (χ1n) is 4.44. The molecule has 0 aliphatic carbocycles. The van der Waals surface area contributed by atoms with Crippen LogP contribution in [-0.4, -0.2) is 31.1 Å². The van der Waals surface area contributed by atoms with Gasteiger partial charge in [0.25, 0.3) is 5.56 Å². The molecule has 0 saturated carbocycles. The standard InChI is InChI=1S/C8H10N6O/c9-3-4-13-8(15)2-1-7(12-13)14-6-10-5-11-14/h1-2,5-6H,3-4,9H2. The van der Waals surface area contributed by atoms with Gasteiger partial charge in [0.1, 0.15) is 12.7 Å². The first-order valence-corrected chi connectivity index (χ1v) is 4.44. The zero-order chi connectivity index (χ0) is 10.7. The number of hydrogen-bond acceptors (Lipinski definition) is 5. The maximum absolute atomic E-state index is 11.3. The summed E-state index contributed by atoms with van der Waals surface area (Å²) in [6.45, 7) is 0.759. The highest BCUT2D eigenvalue weighted by atomic mass is 16.1. The third kappa shape index (κ3) is 1.91. The molecule has 15 heavy (non-hydrogen) atoms. The van der Waals surface area contributed by atoms with E-state index in [1.807, 2.05) is 0 Å². The van der Waals surface area contributed by atoms with Crippen LogP contribution in [0.25, 0.3) is 5.82 Å². The summed E-state index contributed by atoms with van der Waals surface area (Å²) >= 11 is 0. The molecule has 2 rings (SSSR count). The maximum Gasteiger partial charge on any atom is 0.266 e. The van der Waals surface area contributed by atoms with E-state index in [-0.39, 0.29) is 5.56 Å². The van der Waals surface area contributed by atoms with E-state index in [4.69, 9.17) is 5.73 Å². The summed E-state index contributed by atoms with van der Waals surface area (Å²) in [5.74, 6) is 0.542. The van der Waals surface area contributed by atoms with E-state index in [2.05, 4.69) is 15.2 Å². The lowest BCUT2D eigenvalue weighted by molar-refractivity contribution is 0.574. The quantitative estimate of drug-likeness (QED) is 0.679. The lowest BCUT2D eigenvalue weighted by Crippen LogP contribution is -2.26. The number of nitrogens with zero attached hydrogens (tertiary/aromatic N) is 5. The largest absolute Gasteiger partial charge is 0.329 e. The van der Waals surface area contributed by atoms with Crippen LogP contribution in [0.2, 0.25) is 0 Å². The maximum atomic E-state index is 11.3. The Bertz CT molecular complexity index is 488. The van der Waals surface area contributed by atoms with Crippen molar-refractivity contribution in [1.29, 1.82) is 0 Å². The van der Waals surface area contributed by atoms with Gasteiger partial charge in [-0.3, -0.25) is 4.79 Å². The average Bonchev–Trinajstić information content (AvgIpc) is 2.75. The highest BCUT2D eigenvalue weighted by molar-refractivity contribution is 5.16. The molecule has 0 aromatic carbocycles. The second-order valence-electron chi connectivity index (χ2n) is 2.88. The van der Waals surface area contributed by atoms with Crippen molar-refractivity contribution in [3.63, 3.8) is 0 Å². The fourth-order valence-corrected chi connectivity index (χ4v) is 1.17. The molecule has 7 heteroatoms. The summed E-state index contributed by atoms with van der Waals surface area (Å²) in [4.78, 5) is 15.1. The molecular weight excluding hydrogens is 196 g/mol. The number of aromatic nitrogens is 5. The van der Waals surface area contributed by atoms with Crippen molar-refractivity contribution in [2.24, 2.45) is 5.73 Å². The highest BCUT2D eigenvalue weighted by Gasteiger charge is 2.01. The fourth-order valence-electron chi connectivity index (χ4n) is 1.17. The minimum Gasteiger partial charge on any atom is -0.329 e. The monoisotopic (exact) mass is 206 g/mol. The van der Waals surface area contributed by atoms with Crippen LogP contribution in [0.1, 0.15) is 0 Å². The van der Waals surface area contributed by atoms with Gasteiger partial charge >= 0.3 is 0 Å². The SMILES string of the molecule is NCCn1nc(-n2cncn2)ccc1=O. The van der Waals surface area contributed by atoms with E-state index in [9.17, 15) is 4.79 Å². The zero-order valence-electron chi connectivity index (χ0n) is 7.95. The van der Waals surface area contributed by atoms with Crippen LogP contribution in [0.5, 0.6) is 0 Å². The van der Waals surface area contributed by atoms with Crippen molar-refractivity contribution in [1.82, 2.24) is 24.5 Å². The van der Waals surface area contributed by atoms with Gasteiger partial charge in [0.15, 0.2) is 5.82 Å². The third-order valence-electron chi connectivity index (χ3n) is 1.85. The van der Waals surface area contributed by atoms with Crippen molar-refractivity contribution in [3.05, 3.63) is 35.1 Å². The predicted molar refractivity (Wildman–Crippen MR) is 52.5 cm³/mol. The summed E-state index contributed by atoms with van der Waals surface area (Å²) < 4.78 is 2.78. The van der Waals surface area contributed by atoms with Crippen molar-refractivity contribution in [2.75, 3.05) is 6.54 Å². The van der Waals surface area contributed by atoms with Gasteiger partial charge in [0.2, 0.25) is 0 Å². The molecule has 0 unspecified atom stereocenters. The summed E-state index contributed by atoms with van der Waals surface area (Å²) in [6.07, 6.45) is 2.92. The smallest absolute Gasteiger partial charge is 0.266 e. The minimum atomic E-state index is -0.177. The second-order valence-corrected chi connectivity index (χ2v) is 2.88. The van der Waals surface area contributed by atoms with Gasteiger partial charge in [-0.25, -0.2) is 14.3 Å². The Morgan fingerprint density at radius 3 is 2.93 bits per heavy atom. The van der Waals surface area contributed by atoms with E-state index < -0.39 is 0 Å². The van der Waals surface area contributed by atoms with Gasteiger partial charge in [0.05, 0.1) is 6.54 Å². The Balaban J connectivity index is 2.43. The number of rotatable bonds is 3. The van der Waals surface area contributed by atoms with Crippen LogP contribution in [-0.2, 0) is 6.54 Å². The van der Waals surface area contributed by atoms with Crippen molar-refractivity contribution >= 4 is 0 Å². The van der Waals surface area contributed by atoms with E-state index in [1.165, 1.54) is 28.1 Å². The average molecular weight is 206 g/mol. The van der Waals surface area contributed by atoms with Crippen LogP contribution in [0.15, 0.2) is 29.6 Å². The molecule has 0 spiro atoms. The van der Waals surface area contributed by atoms with Crippen LogP contribution >= 0.6 is 0 Å². The Kier molecular flexibility index (Phi) is 2.55. The Morgan fingerprint density at radius 1 is 1.40 bits per heavy atom. The number of nitrogens with two attached hydrogens (primary N) is 1. The molecule has 2 aromatic heterocycles. The van der Waals surface area contributed by atoms with Gasteiger partial charge in [-0.15, -0.1) is 5.10 Å². The van der Waals surface area contributed by atoms with Crippen LogP contribution in [0.3, 0.4) is 0 Å². The molecule has 7 nitrogen and oxygen atoms in total. The molecule has 2 N–H and O–H groups in total. The van der Waals surface area contributed by atoms with Crippen LogP contribution < -0.4 is 11.3 Å². The van der Waals surface area contributed by atoms with E-state index in [0.29, 0.717) is 18.9 Å². The number of hydrogen-bond donors (Lipinski definition) is 1. The van der Waals surface area contributed by atoms with Crippen molar-refractivity contribution in [2.45, 2.75) is 6.54 Å². The fraction of sp³-hybridized carbons (Fsp3) is 0.250. The lowest BCUT2D eigenvalue weighted by Gasteiger charge is -2.04. The van der Waals surface area contributed by atoms with E-state index in [1.54, 1.807) is 6.07 Å². The van der Waals surface area contributed by atoms with Gasteiger partial charge in [-0.05, 0) is 6.07 Å². The predicted octanol–water partition coefficient (Wildman–Crippen LogP) is -1.22. The van der Waals surface area contributed by atoms with Gasteiger partial charge in [-0.1, -0.05) is 0 Å². The lowest BCUT2D eigenvalue weighted by atomic mass is 10.5. The minimum absolute atomic E-state index is 0.177. The molecule has 0 saturated heterocycles. The van der Waals surface area contributed by atoms with Crippen LogP contribution in [0.4, 0.5) is 0 Å². The van der Waals surface area contributed by atoms with Crippen molar-refractivity contribution in [3.8, 4) is 5.82 Å². The van der Waals surface area contributed by atoms with Gasteiger partial charge < -0.3 is 5.73 Å². The summed E-state index contributed by atoms with van der Waals surface area (Å²) in [6, 6.07) is 3.02. The summed E-state index contributed by atoms with van der Waals surface area (Å²) in [5, 5.41) is 8.00. The Morgan fingerprint density at radius 2 is 2.27 bits per heavy atom. The third-order valence-corrected chi connectivity index (χ3v) is 1.85. The van der Waals surface area contributed by atoms with Gasteiger partial charge in [0, 0.05) is 12.6 Å². The zero-order valence-corrected chi connectivity index (χ0v) is 7.95. The first-order chi connectivity index (χ1) is 7.31. The summed E-state index contributed by atoms with van der Waals surface area (Å²) in [5.41, 5.74) is 5.19. The molecule has 78 valence electrons. The molecule has 0 bridgehead atoms. The molecule has 0 atom stereocenters. The molecule has 0 aliphatic rings. The first kappa shape index (κ1) is 9.53. The van der Waals surface area contributed by atoms with Crippen LogP contribution in [0, 0.1) is 0 Å². The molecule has 2 aromatic rings. The molecule has 0 aliphatic heterocycles. The topological polar surface area (TPSA) is 91.6 Å².